The van der Waals surface area contributed by atoms with E-state index in [4.69, 9.17) is 14.2 Å². The van der Waals surface area contributed by atoms with Gasteiger partial charge in [0.15, 0.2) is 5.78 Å². The summed E-state index contributed by atoms with van der Waals surface area (Å²) in [5.41, 5.74) is 0.0616. The number of ether oxygens (including phenoxy) is 3. The normalized spacial score (nSPS) is 35.3. The van der Waals surface area contributed by atoms with Gasteiger partial charge in [-0.1, -0.05) is 38.5 Å². The first kappa shape index (κ1) is 28.8. The van der Waals surface area contributed by atoms with E-state index in [-0.39, 0.29) is 30.2 Å². The molecule has 0 amide bonds. The smallest absolute Gasteiger partial charge is 0.312 e. The molecule has 1 fully saturated rings. The van der Waals surface area contributed by atoms with Crippen LogP contribution < -0.4 is 0 Å². The molecule has 1 N–H and O–H groups in total. The Morgan fingerprint density at radius 3 is 2.43 bits per heavy atom. The lowest BCUT2D eigenvalue weighted by Crippen LogP contribution is -2.61. The molecular formula is C27H40O8. The zero-order valence-corrected chi connectivity index (χ0v) is 22.0. The topological polar surface area (TPSA) is 116 Å². The van der Waals surface area contributed by atoms with Crippen LogP contribution in [0.25, 0.3) is 0 Å². The summed E-state index contributed by atoms with van der Waals surface area (Å²) in [6.45, 7) is 10.2. The third-order valence-electron chi connectivity index (χ3n) is 7.62. The Morgan fingerprint density at radius 1 is 1.20 bits per heavy atom. The molecule has 0 aromatic carbocycles. The maximum atomic E-state index is 14.2. The van der Waals surface area contributed by atoms with Crippen molar-refractivity contribution < 1.29 is 38.5 Å². The van der Waals surface area contributed by atoms with Crippen LogP contribution in [0.4, 0.5) is 0 Å². The number of aliphatic hydroxyl groups excluding tert-OH is 1. The molecule has 0 heterocycles. The maximum absolute atomic E-state index is 14.2. The summed E-state index contributed by atoms with van der Waals surface area (Å²) in [4.78, 5) is 51.4. The number of hydrogen-bond acceptors (Lipinski definition) is 8. The largest absolute Gasteiger partial charge is 0.469 e. The van der Waals surface area contributed by atoms with Crippen LogP contribution >= 0.6 is 0 Å². The molecule has 2 aliphatic carbocycles. The first-order valence-electron chi connectivity index (χ1n) is 12.4. The van der Waals surface area contributed by atoms with Crippen LogP contribution in [0.2, 0.25) is 0 Å². The fourth-order valence-electron chi connectivity index (χ4n) is 5.50. The van der Waals surface area contributed by atoms with Crippen LogP contribution in [0.1, 0.15) is 73.6 Å². The van der Waals surface area contributed by atoms with Gasteiger partial charge < -0.3 is 19.3 Å². The maximum Gasteiger partial charge on any atom is 0.312 e. The molecule has 0 radical (unpaired) electrons. The van der Waals surface area contributed by atoms with Gasteiger partial charge in [0.05, 0.1) is 24.5 Å². The minimum atomic E-state index is -1.13. The standard InChI is InChI=1S/C27H40O8/c1-8-9-23(30)35-21-13-11-15(2)10-12-19(16(3)26(32)33-7)25(31)24-17(4)20(29)14-22(27(21,24)6)34-18(5)28/h10,12,16-17,20-22,24,29H,8-9,11,13-14H2,1-7H3/b15-10-,19-12-/t16-,17-,20-,21-,22+,24-,27+/m0/s1. The molecule has 0 saturated heterocycles. The van der Waals surface area contributed by atoms with Gasteiger partial charge in [-0.25, -0.2) is 0 Å². The zero-order valence-electron chi connectivity index (χ0n) is 22.0. The van der Waals surface area contributed by atoms with Crippen molar-refractivity contribution >= 4 is 23.7 Å². The van der Waals surface area contributed by atoms with Crippen molar-refractivity contribution in [3.63, 3.8) is 0 Å². The van der Waals surface area contributed by atoms with Gasteiger partial charge in [-0.2, -0.15) is 0 Å². The molecule has 2 rings (SSSR count). The highest BCUT2D eigenvalue weighted by Crippen LogP contribution is 2.52. The predicted molar refractivity (Wildman–Crippen MR) is 129 cm³/mol. The molecule has 0 spiro atoms. The van der Waals surface area contributed by atoms with E-state index in [0.717, 1.165) is 5.57 Å². The van der Waals surface area contributed by atoms with E-state index < -0.39 is 53.4 Å². The lowest BCUT2D eigenvalue weighted by molar-refractivity contribution is -0.205. The number of hydrogen-bond donors (Lipinski definition) is 1. The van der Waals surface area contributed by atoms with Gasteiger partial charge in [-0.05, 0) is 39.0 Å². The molecule has 2 aliphatic rings. The monoisotopic (exact) mass is 492 g/mol. The van der Waals surface area contributed by atoms with Crippen molar-refractivity contribution in [2.24, 2.45) is 23.2 Å². The van der Waals surface area contributed by atoms with E-state index in [0.29, 0.717) is 19.3 Å². The van der Waals surface area contributed by atoms with Crippen molar-refractivity contribution in [1.29, 1.82) is 0 Å². The van der Waals surface area contributed by atoms with E-state index in [2.05, 4.69) is 0 Å². The van der Waals surface area contributed by atoms with Gasteiger partial charge >= 0.3 is 17.9 Å². The fraction of sp³-hybridized carbons (Fsp3) is 0.704. The van der Waals surface area contributed by atoms with Crippen LogP contribution in [-0.2, 0) is 33.4 Å². The lowest BCUT2D eigenvalue weighted by atomic mass is 9.54. The highest BCUT2D eigenvalue weighted by Gasteiger charge is 2.60. The molecule has 7 atom stereocenters. The van der Waals surface area contributed by atoms with Crippen molar-refractivity contribution in [2.45, 2.75) is 92.0 Å². The van der Waals surface area contributed by atoms with E-state index >= 15 is 0 Å². The second-order valence-electron chi connectivity index (χ2n) is 10.1. The molecule has 0 aliphatic heterocycles. The van der Waals surface area contributed by atoms with E-state index in [1.807, 2.05) is 13.8 Å². The first-order chi connectivity index (χ1) is 16.4. The highest BCUT2D eigenvalue weighted by atomic mass is 16.6. The Bertz CT molecular complexity index is 888. The van der Waals surface area contributed by atoms with Crippen molar-refractivity contribution in [2.75, 3.05) is 7.11 Å². The summed E-state index contributed by atoms with van der Waals surface area (Å²) >= 11 is 0. The molecule has 8 heteroatoms. The van der Waals surface area contributed by atoms with E-state index in [9.17, 15) is 24.3 Å². The second-order valence-corrected chi connectivity index (χ2v) is 10.1. The fourth-order valence-corrected chi connectivity index (χ4v) is 5.50. The molecule has 0 aromatic rings. The predicted octanol–water partition coefficient (Wildman–Crippen LogP) is 3.70. The summed E-state index contributed by atoms with van der Waals surface area (Å²) < 4.78 is 16.6. The Kier molecular flexibility index (Phi) is 9.84. The van der Waals surface area contributed by atoms with Crippen molar-refractivity contribution in [3.05, 3.63) is 23.3 Å². The Balaban J connectivity index is 2.76. The lowest BCUT2D eigenvalue weighted by Gasteiger charge is -2.53. The van der Waals surface area contributed by atoms with Gasteiger partial charge in [-0.15, -0.1) is 0 Å². The summed E-state index contributed by atoms with van der Waals surface area (Å²) in [6.07, 6.45) is 2.85. The number of rotatable bonds is 6. The van der Waals surface area contributed by atoms with Crippen LogP contribution in [0.5, 0.6) is 0 Å². The average Bonchev–Trinajstić information content (AvgIpc) is 2.78. The Labute approximate surface area is 208 Å². The summed E-state index contributed by atoms with van der Waals surface area (Å²) in [5.74, 6) is -4.10. The molecule has 8 nitrogen and oxygen atoms in total. The summed E-state index contributed by atoms with van der Waals surface area (Å²) in [5, 5.41) is 10.9. The Morgan fingerprint density at radius 2 is 1.86 bits per heavy atom. The zero-order chi connectivity index (χ0) is 26.5. The molecule has 0 bridgehead atoms. The molecule has 1 saturated carbocycles. The molecule has 0 unspecified atom stereocenters. The SMILES string of the molecule is CCCC(=O)O[C@H]1CC/C(C)=C\C=C(\[C@H](C)C(=O)OC)C(=O)[C@@H]2[C@@H](C)[C@@H](O)C[C@@H](OC(C)=O)[C@@]12C. The molecular weight excluding hydrogens is 452 g/mol. The highest BCUT2D eigenvalue weighted by molar-refractivity contribution is 6.02. The number of carbonyl (C=O) groups is 4. The summed E-state index contributed by atoms with van der Waals surface area (Å²) in [7, 11) is 1.27. The minimum absolute atomic E-state index is 0.114. The van der Waals surface area contributed by atoms with E-state index in [1.54, 1.807) is 32.9 Å². The number of aliphatic hydroxyl groups is 1. The molecule has 35 heavy (non-hydrogen) atoms. The summed E-state index contributed by atoms with van der Waals surface area (Å²) in [6, 6.07) is 0. The van der Waals surface area contributed by atoms with E-state index in [1.165, 1.54) is 14.0 Å². The third kappa shape index (κ3) is 6.21. The molecule has 0 aromatic heterocycles. The van der Waals surface area contributed by atoms with Crippen LogP contribution in [0.3, 0.4) is 0 Å². The van der Waals surface area contributed by atoms with Gasteiger partial charge in [0.2, 0.25) is 0 Å². The van der Waals surface area contributed by atoms with Gasteiger partial charge in [0.25, 0.3) is 0 Å². The molecule has 196 valence electrons. The average molecular weight is 493 g/mol. The number of fused-ring (bicyclic) bond motifs is 1. The van der Waals surface area contributed by atoms with Gasteiger partial charge in [-0.3, -0.25) is 19.2 Å². The third-order valence-corrected chi connectivity index (χ3v) is 7.62. The first-order valence-corrected chi connectivity index (χ1v) is 12.4. The number of esters is 3. The van der Waals surface area contributed by atoms with Crippen LogP contribution in [-0.4, -0.2) is 54.2 Å². The number of methoxy groups -OCH3 is 1. The van der Waals surface area contributed by atoms with Crippen LogP contribution in [0, 0.1) is 23.2 Å². The number of carbonyl (C=O) groups excluding carboxylic acids is 4. The number of allylic oxidation sites excluding steroid dienone is 3. The Hall–Kier alpha value is -2.48. The van der Waals surface area contributed by atoms with Crippen molar-refractivity contribution in [3.8, 4) is 0 Å². The quantitative estimate of drug-likeness (QED) is 0.441. The van der Waals surface area contributed by atoms with Gasteiger partial charge in [0.1, 0.15) is 12.2 Å². The minimum Gasteiger partial charge on any atom is -0.469 e. The van der Waals surface area contributed by atoms with Crippen LogP contribution in [0.15, 0.2) is 23.3 Å². The number of Topliss-reactive ketones (excluding diaryl/α,β-unsaturated/α-hetero) is 1. The van der Waals surface area contributed by atoms with Gasteiger partial charge in [0, 0.05) is 31.3 Å². The second kappa shape index (κ2) is 12.0. The van der Waals surface area contributed by atoms with Crippen molar-refractivity contribution in [1.82, 2.24) is 0 Å². The number of ketones is 1.